The van der Waals surface area contributed by atoms with E-state index in [9.17, 15) is 9.59 Å². The van der Waals surface area contributed by atoms with Gasteiger partial charge in [0, 0.05) is 43.9 Å². The van der Waals surface area contributed by atoms with Gasteiger partial charge in [0.05, 0.1) is 6.04 Å². The Morgan fingerprint density at radius 2 is 1.66 bits per heavy atom. The zero-order valence-electron chi connectivity index (χ0n) is 19.5. The van der Waals surface area contributed by atoms with Gasteiger partial charge in [-0.05, 0) is 61.9 Å². The van der Waals surface area contributed by atoms with E-state index >= 15 is 0 Å². The van der Waals surface area contributed by atoms with Crippen molar-refractivity contribution in [3.05, 3.63) is 59.7 Å². The van der Waals surface area contributed by atoms with Crippen molar-refractivity contribution < 1.29 is 9.59 Å². The van der Waals surface area contributed by atoms with Gasteiger partial charge < -0.3 is 15.1 Å². The minimum atomic E-state index is -0.0175. The number of carbonyl (C=O) groups excluding carboxylic acids is 2. The molecule has 2 fully saturated rings. The number of amides is 2. The van der Waals surface area contributed by atoms with Crippen molar-refractivity contribution in [1.82, 2.24) is 4.90 Å². The molecule has 170 valence electrons. The summed E-state index contributed by atoms with van der Waals surface area (Å²) in [6.07, 6.45) is 6.19. The number of nitrogens with one attached hydrogen (secondary N) is 1. The van der Waals surface area contributed by atoms with E-state index in [0.29, 0.717) is 6.54 Å². The maximum Gasteiger partial charge on any atom is 0.227 e. The summed E-state index contributed by atoms with van der Waals surface area (Å²) in [4.78, 5) is 30.1. The lowest BCUT2D eigenvalue weighted by atomic mass is 10.0. The number of nitrogens with zero attached hydrogens (tertiary/aromatic N) is 2. The minimum Gasteiger partial charge on any atom is -0.377 e. The van der Waals surface area contributed by atoms with E-state index in [4.69, 9.17) is 0 Å². The molecule has 1 atom stereocenters. The van der Waals surface area contributed by atoms with Crippen molar-refractivity contribution in [3.63, 3.8) is 0 Å². The molecule has 32 heavy (non-hydrogen) atoms. The van der Waals surface area contributed by atoms with Crippen LogP contribution in [-0.2, 0) is 16.1 Å². The molecule has 2 aliphatic rings. The van der Waals surface area contributed by atoms with Crippen molar-refractivity contribution in [1.29, 1.82) is 0 Å². The highest BCUT2D eigenvalue weighted by Gasteiger charge is 2.36. The quantitative estimate of drug-likeness (QED) is 0.608. The molecule has 2 amide bonds. The van der Waals surface area contributed by atoms with Gasteiger partial charge in [0.1, 0.15) is 0 Å². The zero-order valence-corrected chi connectivity index (χ0v) is 19.5. The van der Waals surface area contributed by atoms with Crippen LogP contribution >= 0.6 is 0 Å². The van der Waals surface area contributed by atoms with Gasteiger partial charge in [-0.2, -0.15) is 0 Å². The van der Waals surface area contributed by atoms with Crippen LogP contribution in [0.5, 0.6) is 0 Å². The second kappa shape index (κ2) is 9.76. The van der Waals surface area contributed by atoms with Gasteiger partial charge in [-0.1, -0.05) is 43.2 Å². The molecule has 2 saturated carbocycles. The number of hydrogen-bond acceptors (Lipinski definition) is 3. The molecule has 2 aromatic rings. The summed E-state index contributed by atoms with van der Waals surface area (Å²) in [5.74, 6) is 0.619. The normalized spacial score (nSPS) is 17.1. The van der Waals surface area contributed by atoms with E-state index in [2.05, 4.69) is 29.3 Å². The fourth-order valence-corrected chi connectivity index (χ4v) is 4.72. The van der Waals surface area contributed by atoms with Crippen LogP contribution in [0.3, 0.4) is 0 Å². The maximum absolute atomic E-state index is 13.3. The summed E-state index contributed by atoms with van der Waals surface area (Å²) in [7, 11) is 4.03. The molecule has 0 bridgehead atoms. The van der Waals surface area contributed by atoms with Crippen molar-refractivity contribution in [3.8, 4) is 0 Å². The molecular weight excluding hydrogens is 398 g/mol. The fraction of sp³-hybridized carbons (Fsp3) is 0.481. The highest BCUT2D eigenvalue weighted by Crippen LogP contribution is 2.36. The molecular formula is C27H35N3O2. The van der Waals surface area contributed by atoms with E-state index in [1.54, 1.807) is 0 Å². The van der Waals surface area contributed by atoms with Gasteiger partial charge in [0.15, 0.2) is 0 Å². The summed E-state index contributed by atoms with van der Waals surface area (Å²) < 4.78 is 0. The molecule has 1 N–H and O–H groups in total. The van der Waals surface area contributed by atoms with Gasteiger partial charge in [0.25, 0.3) is 0 Å². The highest BCUT2D eigenvalue weighted by molar-refractivity contribution is 5.93. The van der Waals surface area contributed by atoms with E-state index < -0.39 is 0 Å². The van der Waals surface area contributed by atoms with Crippen molar-refractivity contribution >= 4 is 23.2 Å². The third kappa shape index (κ3) is 5.14. The number of carbonyl (C=O) groups is 2. The molecule has 5 heteroatoms. The third-order valence-corrected chi connectivity index (χ3v) is 6.85. The average molecular weight is 434 g/mol. The van der Waals surface area contributed by atoms with Crippen LogP contribution in [0.2, 0.25) is 0 Å². The van der Waals surface area contributed by atoms with Gasteiger partial charge in [-0.25, -0.2) is 0 Å². The molecule has 0 aromatic heterocycles. The summed E-state index contributed by atoms with van der Waals surface area (Å²) in [5.41, 5.74) is 4.07. The van der Waals surface area contributed by atoms with E-state index in [1.165, 1.54) is 0 Å². The standard InChI is InChI=1S/C27H35N3O2/c1-19(20-9-5-4-6-10-20)30(27(32)22-13-14-22)18-23-17-24(15-16-25(23)29(2)3)28-26(31)21-11-7-8-12-21/h4-6,9-10,15-17,19,21-22H,7-8,11-14,18H2,1-3H3,(H,28,31)/t19-/m1/s1. The van der Waals surface area contributed by atoms with Crippen LogP contribution in [0.1, 0.15) is 62.6 Å². The van der Waals surface area contributed by atoms with E-state index in [-0.39, 0.29) is 29.7 Å². The molecule has 2 aliphatic carbocycles. The summed E-state index contributed by atoms with van der Waals surface area (Å²) in [5, 5.41) is 3.13. The predicted octanol–water partition coefficient (Wildman–Crippen LogP) is 5.38. The zero-order chi connectivity index (χ0) is 22.7. The smallest absolute Gasteiger partial charge is 0.227 e. The second-order valence-corrected chi connectivity index (χ2v) is 9.54. The Hall–Kier alpha value is -2.82. The van der Waals surface area contributed by atoms with Gasteiger partial charge >= 0.3 is 0 Å². The number of benzene rings is 2. The lowest BCUT2D eigenvalue weighted by molar-refractivity contribution is -0.135. The third-order valence-electron chi connectivity index (χ3n) is 6.85. The van der Waals surface area contributed by atoms with Crippen LogP contribution in [0.4, 0.5) is 11.4 Å². The van der Waals surface area contributed by atoms with Gasteiger partial charge in [-0.3, -0.25) is 9.59 Å². The van der Waals surface area contributed by atoms with E-state index in [0.717, 1.165) is 61.0 Å². The highest BCUT2D eigenvalue weighted by atomic mass is 16.2. The molecule has 4 rings (SSSR count). The Bertz CT molecular complexity index is 947. The van der Waals surface area contributed by atoms with Crippen LogP contribution in [0, 0.1) is 11.8 Å². The first kappa shape index (κ1) is 22.4. The van der Waals surface area contributed by atoms with Crippen LogP contribution < -0.4 is 10.2 Å². The molecule has 0 heterocycles. The molecule has 0 aliphatic heterocycles. The summed E-state index contributed by atoms with van der Waals surface area (Å²) in [6.45, 7) is 2.63. The summed E-state index contributed by atoms with van der Waals surface area (Å²) in [6, 6.07) is 16.3. The first-order valence-electron chi connectivity index (χ1n) is 11.9. The van der Waals surface area contributed by atoms with Gasteiger partial charge in [-0.15, -0.1) is 0 Å². The maximum atomic E-state index is 13.3. The molecule has 0 radical (unpaired) electrons. The molecule has 0 saturated heterocycles. The predicted molar refractivity (Wildman–Crippen MR) is 129 cm³/mol. The SMILES string of the molecule is C[C@H](c1ccccc1)N(Cc1cc(NC(=O)C2CCCC2)ccc1N(C)C)C(=O)C1CC1. The lowest BCUT2D eigenvalue weighted by Crippen LogP contribution is -2.34. The van der Waals surface area contributed by atoms with Crippen LogP contribution in [-0.4, -0.2) is 30.8 Å². The molecule has 0 unspecified atom stereocenters. The van der Waals surface area contributed by atoms with Crippen molar-refractivity contribution in [2.75, 3.05) is 24.3 Å². The summed E-state index contributed by atoms with van der Waals surface area (Å²) >= 11 is 0. The number of anilines is 2. The van der Waals surface area contributed by atoms with E-state index in [1.807, 2.05) is 55.4 Å². The Balaban J connectivity index is 1.60. The minimum absolute atomic E-state index is 0.0175. The van der Waals surface area contributed by atoms with Crippen LogP contribution in [0.25, 0.3) is 0 Å². The average Bonchev–Trinajstić information content (AvgIpc) is 3.50. The number of rotatable bonds is 8. The monoisotopic (exact) mass is 433 g/mol. The fourth-order valence-electron chi connectivity index (χ4n) is 4.72. The number of hydrogen-bond donors (Lipinski definition) is 1. The molecule has 0 spiro atoms. The molecule has 5 nitrogen and oxygen atoms in total. The largest absolute Gasteiger partial charge is 0.377 e. The lowest BCUT2D eigenvalue weighted by Gasteiger charge is -2.32. The van der Waals surface area contributed by atoms with Gasteiger partial charge in [0.2, 0.25) is 11.8 Å². The Morgan fingerprint density at radius 1 is 0.969 bits per heavy atom. The first-order valence-corrected chi connectivity index (χ1v) is 11.9. The first-order chi connectivity index (χ1) is 15.4. The van der Waals surface area contributed by atoms with Crippen LogP contribution in [0.15, 0.2) is 48.5 Å². The Morgan fingerprint density at radius 3 is 2.28 bits per heavy atom. The second-order valence-electron chi connectivity index (χ2n) is 9.54. The van der Waals surface area contributed by atoms with Crippen molar-refractivity contribution in [2.24, 2.45) is 11.8 Å². The molecule has 2 aromatic carbocycles. The Labute approximate surface area is 191 Å². The van der Waals surface area contributed by atoms with Crippen molar-refractivity contribution in [2.45, 2.75) is 58.0 Å². The Kier molecular flexibility index (Phi) is 6.83. The topological polar surface area (TPSA) is 52.7 Å².